The quantitative estimate of drug-likeness (QED) is 0.747. The lowest BCUT2D eigenvalue weighted by Gasteiger charge is -2.29. The topological polar surface area (TPSA) is 83.5 Å². The Balaban J connectivity index is 1.68. The van der Waals surface area contributed by atoms with Crippen LogP contribution in [0.4, 0.5) is 16.3 Å². The average molecular weight is 390 g/mol. The van der Waals surface area contributed by atoms with Crippen molar-refractivity contribution in [3.8, 4) is 5.75 Å². The number of nitrogens with one attached hydrogen (secondary N) is 2. The van der Waals surface area contributed by atoms with Crippen LogP contribution in [0.2, 0.25) is 0 Å². The molecule has 0 spiro atoms. The summed E-state index contributed by atoms with van der Waals surface area (Å²) in [6.45, 7) is 1.70. The van der Waals surface area contributed by atoms with E-state index in [1.54, 1.807) is 49.5 Å². The number of pyridine rings is 1. The molecule has 124 valence electrons. The second-order valence-electron chi connectivity index (χ2n) is 5.60. The largest absolute Gasteiger partial charge is 0.480 e. The molecule has 0 aliphatic carbocycles. The molecule has 24 heavy (non-hydrogen) atoms. The summed E-state index contributed by atoms with van der Waals surface area (Å²) >= 11 is 3.29. The van der Waals surface area contributed by atoms with Gasteiger partial charge in [-0.2, -0.15) is 0 Å². The maximum atomic E-state index is 12.0. The van der Waals surface area contributed by atoms with Gasteiger partial charge < -0.3 is 15.2 Å². The van der Waals surface area contributed by atoms with E-state index >= 15 is 0 Å². The van der Waals surface area contributed by atoms with Gasteiger partial charge in [-0.1, -0.05) is 6.08 Å². The maximum absolute atomic E-state index is 12.0. The second-order valence-corrected chi connectivity index (χ2v) is 6.52. The fraction of sp³-hybridized carbons (Fsp3) is 0.176. The van der Waals surface area contributed by atoms with Gasteiger partial charge in [0.25, 0.3) is 0 Å². The van der Waals surface area contributed by atoms with Gasteiger partial charge in [0.15, 0.2) is 0 Å². The zero-order valence-corrected chi connectivity index (χ0v) is 14.5. The van der Waals surface area contributed by atoms with Gasteiger partial charge in [0.2, 0.25) is 0 Å². The highest BCUT2D eigenvalue weighted by molar-refractivity contribution is 9.10. The van der Waals surface area contributed by atoms with Crippen molar-refractivity contribution in [3.05, 3.63) is 52.6 Å². The molecular weight excluding hydrogens is 374 g/mol. The molecule has 1 aromatic heterocycles. The molecule has 1 unspecified atom stereocenters. The summed E-state index contributed by atoms with van der Waals surface area (Å²) in [5.74, 6) is 1.12. The molecule has 0 fully saturated rings. The molecule has 1 aromatic carbocycles. The van der Waals surface area contributed by atoms with E-state index in [1.807, 2.05) is 6.08 Å². The number of ether oxygens (including phenoxy) is 1. The summed E-state index contributed by atoms with van der Waals surface area (Å²) < 4.78 is 6.59. The molecule has 2 heterocycles. The van der Waals surface area contributed by atoms with Gasteiger partial charge >= 0.3 is 6.03 Å². The maximum Gasteiger partial charge on any atom is 0.324 e. The van der Waals surface area contributed by atoms with Gasteiger partial charge in [-0.15, -0.1) is 0 Å². The van der Waals surface area contributed by atoms with Crippen LogP contribution in [0.15, 0.2) is 47.1 Å². The number of amides is 2. The van der Waals surface area contributed by atoms with Crippen LogP contribution in [-0.4, -0.2) is 28.3 Å². The minimum Gasteiger partial charge on any atom is -0.480 e. The van der Waals surface area contributed by atoms with E-state index < -0.39 is 5.60 Å². The standard InChI is InChI=1S/C17H16BrN3O3/c1-17(10-22)7-6-11-8-13(3-4-14(11)24-17)20-16(23)21-15-5-2-12(18)9-19-15/h2-9,22H,10H2,1H3,(H2,19,20,21,23). The number of aromatic nitrogens is 1. The van der Waals surface area contributed by atoms with Crippen LogP contribution in [0.25, 0.3) is 6.08 Å². The first-order valence-corrected chi connectivity index (χ1v) is 8.09. The van der Waals surface area contributed by atoms with E-state index in [4.69, 9.17) is 4.74 Å². The van der Waals surface area contributed by atoms with Crippen molar-refractivity contribution >= 4 is 39.5 Å². The van der Waals surface area contributed by atoms with Gasteiger partial charge in [0.05, 0.1) is 6.61 Å². The van der Waals surface area contributed by atoms with Crippen molar-refractivity contribution in [1.29, 1.82) is 0 Å². The molecule has 1 atom stereocenters. The van der Waals surface area contributed by atoms with Crippen molar-refractivity contribution < 1.29 is 14.6 Å². The van der Waals surface area contributed by atoms with E-state index in [9.17, 15) is 9.90 Å². The summed E-state index contributed by atoms with van der Waals surface area (Å²) in [4.78, 5) is 16.1. The number of nitrogens with zero attached hydrogens (tertiary/aromatic N) is 1. The van der Waals surface area contributed by atoms with Crippen molar-refractivity contribution in [2.45, 2.75) is 12.5 Å². The predicted molar refractivity (Wildman–Crippen MR) is 96.2 cm³/mol. The molecule has 2 aromatic rings. The van der Waals surface area contributed by atoms with E-state index in [1.165, 1.54) is 0 Å². The van der Waals surface area contributed by atoms with E-state index in [2.05, 4.69) is 31.5 Å². The van der Waals surface area contributed by atoms with Crippen LogP contribution in [-0.2, 0) is 0 Å². The number of fused-ring (bicyclic) bond motifs is 1. The van der Waals surface area contributed by atoms with Gasteiger partial charge in [-0.25, -0.2) is 9.78 Å². The number of hydrogen-bond acceptors (Lipinski definition) is 4. The van der Waals surface area contributed by atoms with Crippen LogP contribution < -0.4 is 15.4 Å². The average Bonchev–Trinajstić information content (AvgIpc) is 2.57. The highest BCUT2D eigenvalue weighted by Gasteiger charge is 2.26. The smallest absolute Gasteiger partial charge is 0.324 e. The molecule has 0 saturated carbocycles. The Hall–Kier alpha value is -2.38. The summed E-state index contributed by atoms with van der Waals surface area (Å²) in [7, 11) is 0. The third-order valence-electron chi connectivity index (χ3n) is 3.51. The van der Waals surface area contributed by atoms with Crippen LogP contribution in [0.1, 0.15) is 12.5 Å². The first kappa shape index (κ1) is 16.5. The molecule has 6 nitrogen and oxygen atoms in total. The SMILES string of the molecule is CC1(CO)C=Cc2cc(NC(=O)Nc3ccc(Br)cn3)ccc2O1. The summed E-state index contributed by atoms with van der Waals surface area (Å²) in [6.07, 6.45) is 5.27. The van der Waals surface area contributed by atoms with Gasteiger partial charge in [0, 0.05) is 21.9 Å². The minimum absolute atomic E-state index is 0.106. The van der Waals surface area contributed by atoms with Crippen LogP contribution in [0.3, 0.4) is 0 Å². The first-order chi connectivity index (χ1) is 11.5. The number of halogens is 1. The van der Waals surface area contributed by atoms with E-state index in [0.29, 0.717) is 17.3 Å². The molecule has 7 heteroatoms. The fourth-order valence-electron chi connectivity index (χ4n) is 2.21. The second kappa shape index (κ2) is 6.62. The highest BCUT2D eigenvalue weighted by atomic mass is 79.9. The van der Waals surface area contributed by atoms with Crippen LogP contribution in [0, 0.1) is 0 Å². The number of anilines is 2. The number of aliphatic hydroxyl groups is 1. The fourth-order valence-corrected chi connectivity index (χ4v) is 2.45. The van der Waals surface area contributed by atoms with Gasteiger partial charge in [0.1, 0.15) is 17.2 Å². The molecule has 1 aliphatic heterocycles. The van der Waals surface area contributed by atoms with Crippen molar-refractivity contribution in [2.75, 3.05) is 17.2 Å². The van der Waals surface area contributed by atoms with Crippen molar-refractivity contribution in [3.63, 3.8) is 0 Å². The monoisotopic (exact) mass is 389 g/mol. The molecule has 3 N–H and O–H groups in total. The Kier molecular flexibility index (Phi) is 4.55. The highest BCUT2D eigenvalue weighted by Crippen LogP contribution is 2.32. The molecule has 0 radical (unpaired) electrons. The van der Waals surface area contributed by atoms with Crippen LogP contribution in [0.5, 0.6) is 5.75 Å². The summed E-state index contributed by atoms with van der Waals surface area (Å²) in [6, 6.07) is 8.41. The zero-order valence-electron chi connectivity index (χ0n) is 12.9. The molecular formula is C17H16BrN3O3. The third kappa shape index (κ3) is 3.74. The lowest BCUT2D eigenvalue weighted by atomic mass is 10.0. The van der Waals surface area contributed by atoms with Gasteiger partial charge in [-0.3, -0.25) is 5.32 Å². The molecule has 0 saturated heterocycles. The van der Waals surface area contributed by atoms with Crippen molar-refractivity contribution in [2.24, 2.45) is 0 Å². The number of benzene rings is 1. The lowest BCUT2D eigenvalue weighted by molar-refractivity contribution is 0.0641. The number of hydrogen-bond donors (Lipinski definition) is 3. The number of aliphatic hydroxyl groups excluding tert-OH is 1. The molecule has 0 bridgehead atoms. The van der Waals surface area contributed by atoms with Gasteiger partial charge in [-0.05, 0) is 59.3 Å². The molecule has 3 rings (SSSR count). The van der Waals surface area contributed by atoms with Crippen molar-refractivity contribution in [1.82, 2.24) is 4.98 Å². The Bertz CT molecular complexity index is 792. The third-order valence-corrected chi connectivity index (χ3v) is 3.98. The lowest BCUT2D eigenvalue weighted by Crippen LogP contribution is -2.35. The summed E-state index contributed by atoms with van der Waals surface area (Å²) in [5, 5.41) is 14.8. The molecule has 2 amide bonds. The normalized spacial score (nSPS) is 18.5. The first-order valence-electron chi connectivity index (χ1n) is 7.30. The Morgan fingerprint density at radius 1 is 1.33 bits per heavy atom. The number of carbonyl (C=O) groups is 1. The Morgan fingerprint density at radius 3 is 2.88 bits per heavy atom. The minimum atomic E-state index is -0.716. The van der Waals surface area contributed by atoms with E-state index in [0.717, 1.165) is 10.0 Å². The zero-order chi connectivity index (χ0) is 17.2. The van der Waals surface area contributed by atoms with Crippen LogP contribution >= 0.6 is 15.9 Å². The Morgan fingerprint density at radius 2 is 2.17 bits per heavy atom. The number of rotatable bonds is 3. The summed E-state index contributed by atoms with van der Waals surface area (Å²) in [5.41, 5.74) is 0.747. The predicted octanol–water partition coefficient (Wildman–Crippen LogP) is 3.64. The number of carbonyl (C=O) groups excluding carboxylic acids is 1. The van der Waals surface area contributed by atoms with E-state index in [-0.39, 0.29) is 12.6 Å². The molecule has 1 aliphatic rings. The number of urea groups is 1. The Labute approximate surface area is 147 Å².